The van der Waals surface area contributed by atoms with Crippen molar-refractivity contribution in [2.75, 3.05) is 25.0 Å². The fourth-order valence-corrected chi connectivity index (χ4v) is 3.66. The Morgan fingerprint density at radius 1 is 1.19 bits per heavy atom. The van der Waals surface area contributed by atoms with Gasteiger partial charge in [-0.05, 0) is 50.3 Å². The van der Waals surface area contributed by atoms with Crippen molar-refractivity contribution in [1.29, 1.82) is 0 Å². The summed E-state index contributed by atoms with van der Waals surface area (Å²) in [7, 11) is 0. The van der Waals surface area contributed by atoms with Crippen molar-refractivity contribution in [3.05, 3.63) is 29.8 Å². The molecule has 0 spiro atoms. The van der Waals surface area contributed by atoms with E-state index in [2.05, 4.69) is 43.2 Å². The Morgan fingerprint density at radius 2 is 1.85 bits per heavy atom. The molecule has 1 aliphatic heterocycles. The van der Waals surface area contributed by atoms with Crippen LogP contribution in [0.4, 0.5) is 5.69 Å². The fraction of sp³-hybridized carbons (Fsp3) is 0.619. The molecule has 5 nitrogen and oxygen atoms in total. The molecule has 1 fully saturated rings. The Hall–Kier alpha value is -1.88. The average molecular weight is 360 g/mol. The Kier molecular flexibility index (Phi) is 6.81. The minimum Gasteiger partial charge on any atom is -0.350 e. The highest BCUT2D eigenvalue weighted by Gasteiger charge is 2.32. The van der Waals surface area contributed by atoms with Crippen LogP contribution in [0.25, 0.3) is 0 Å². The van der Waals surface area contributed by atoms with Gasteiger partial charge in [0.15, 0.2) is 0 Å². The Labute approximate surface area is 157 Å². The lowest BCUT2D eigenvalue weighted by atomic mass is 9.88. The molecule has 1 heterocycles. The molecular formula is C21H33N3O2. The van der Waals surface area contributed by atoms with Crippen LogP contribution >= 0.6 is 0 Å². The molecule has 5 heteroatoms. The first-order valence-electron chi connectivity index (χ1n) is 9.64. The average Bonchev–Trinajstić information content (AvgIpc) is 2.59. The second-order valence-electron chi connectivity index (χ2n) is 8.33. The summed E-state index contributed by atoms with van der Waals surface area (Å²) in [6.45, 7) is 13.5. The van der Waals surface area contributed by atoms with E-state index in [1.807, 2.05) is 0 Å². The summed E-state index contributed by atoms with van der Waals surface area (Å²) in [4.78, 5) is 26.6. The third-order valence-electron chi connectivity index (χ3n) is 5.14. The first-order valence-corrected chi connectivity index (χ1v) is 9.64. The highest BCUT2D eigenvalue weighted by atomic mass is 16.2. The van der Waals surface area contributed by atoms with E-state index in [4.69, 9.17) is 0 Å². The Bertz CT molecular complexity index is 632. The van der Waals surface area contributed by atoms with E-state index in [9.17, 15) is 9.59 Å². The van der Waals surface area contributed by atoms with Crippen LogP contribution in [0.1, 0.15) is 57.8 Å². The molecule has 1 aliphatic rings. The van der Waals surface area contributed by atoms with Crippen LogP contribution in [-0.4, -0.2) is 41.9 Å². The summed E-state index contributed by atoms with van der Waals surface area (Å²) in [5.41, 5.74) is 1.13. The summed E-state index contributed by atoms with van der Waals surface area (Å²) in [5.74, 6) is 1.21. The molecule has 26 heavy (non-hydrogen) atoms. The van der Waals surface area contributed by atoms with Crippen LogP contribution < -0.4 is 10.6 Å². The van der Waals surface area contributed by atoms with E-state index >= 15 is 0 Å². The standard InChI is InChI=1S/C21H33N3O2/c1-6-19(25)23-18-9-7-8-17(11-18)20(26)22-14-21(4,5)24-12-15(2)10-16(3)13-24/h7-9,11,15-16H,6,10,12-14H2,1-5H3,(H,22,26)(H,23,25). The minimum atomic E-state index is -0.108. The van der Waals surface area contributed by atoms with Crippen molar-refractivity contribution < 1.29 is 9.59 Å². The molecule has 2 amide bonds. The third kappa shape index (κ3) is 5.56. The fourth-order valence-electron chi connectivity index (χ4n) is 3.66. The zero-order valence-corrected chi connectivity index (χ0v) is 16.8. The maximum atomic E-state index is 12.6. The normalized spacial score (nSPS) is 21.3. The lowest BCUT2D eigenvalue weighted by Gasteiger charge is -2.45. The quantitative estimate of drug-likeness (QED) is 0.817. The number of amides is 2. The van der Waals surface area contributed by atoms with Crippen LogP contribution in [0.2, 0.25) is 0 Å². The van der Waals surface area contributed by atoms with Crippen molar-refractivity contribution in [2.45, 2.75) is 53.0 Å². The van der Waals surface area contributed by atoms with E-state index in [1.165, 1.54) is 6.42 Å². The number of nitrogens with zero attached hydrogens (tertiary/aromatic N) is 1. The van der Waals surface area contributed by atoms with Crippen molar-refractivity contribution in [1.82, 2.24) is 10.2 Å². The molecule has 0 bridgehead atoms. The number of anilines is 1. The van der Waals surface area contributed by atoms with Gasteiger partial charge in [0.1, 0.15) is 0 Å². The Morgan fingerprint density at radius 3 is 2.46 bits per heavy atom. The first kappa shape index (κ1) is 20.4. The monoisotopic (exact) mass is 359 g/mol. The maximum Gasteiger partial charge on any atom is 0.251 e. The number of rotatable bonds is 6. The molecule has 2 rings (SSSR count). The van der Waals surface area contributed by atoms with E-state index < -0.39 is 0 Å². The molecule has 2 unspecified atom stereocenters. The summed E-state index contributed by atoms with van der Waals surface area (Å²) in [6.07, 6.45) is 1.69. The highest BCUT2D eigenvalue weighted by Crippen LogP contribution is 2.27. The number of hydrogen-bond donors (Lipinski definition) is 2. The zero-order valence-electron chi connectivity index (χ0n) is 16.8. The predicted octanol–water partition coefficient (Wildman–Crippen LogP) is 3.52. The minimum absolute atomic E-state index is 0.0583. The van der Waals surface area contributed by atoms with Gasteiger partial charge in [0.2, 0.25) is 5.91 Å². The molecule has 1 aromatic carbocycles. The Balaban J connectivity index is 1.97. The number of benzene rings is 1. The third-order valence-corrected chi connectivity index (χ3v) is 5.14. The zero-order chi connectivity index (χ0) is 19.3. The van der Waals surface area contributed by atoms with Crippen LogP contribution in [0.15, 0.2) is 24.3 Å². The predicted molar refractivity (Wildman–Crippen MR) is 106 cm³/mol. The number of carbonyl (C=O) groups excluding carboxylic acids is 2. The number of nitrogens with one attached hydrogen (secondary N) is 2. The molecule has 2 atom stereocenters. The lowest BCUT2D eigenvalue weighted by molar-refractivity contribution is -0.115. The van der Waals surface area contributed by atoms with Gasteiger partial charge in [-0.25, -0.2) is 0 Å². The van der Waals surface area contributed by atoms with Gasteiger partial charge in [0, 0.05) is 42.8 Å². The van der Waals surface area contributed by atoms with Gasteiger partial charge in [-0.15, -0.1) is 0 Å². The summed E-state index contributed by atoms with van der Waals surface area (Å²) in [6, 6.07) is 7.08. The first-order chi connectivity index (χ1) is 12.2. The molecule has 0 aromatic heterocycles. The highest BCUT2D eigenvalue weighted by molar-refractivity contribution is 5.97. The lowest BCUT2D eigenvalue weighted by Crippen LogP contribution is -2.56. The second kappa shape index (κ2) is 8.67. The van der Waals surface area contributed by atoms with Crippen molar-refractivity contribution in [2.24, 2.45) is 11.8 Å². The maximum absolute atomic E-state index is 12.6. The van der Waals surface area contributed by atoms with Gasteiger partial charge in [-0.1, -0.05) is 26.8 Å². The number of carbonyl (C=O) groups is 2. The molecule has 0 aliphatic carbocycles. The molecular weight excluding hydrogens is 326 g/mol. The van der Waals surface area contributed by atoms with Gasteiger partial charge < -0.3 is 10.6 Å². The molecule has 2 N–H and O–H groups in total. The summed E-state index contributed by atoms with van der Waals surface area (Å²) >= 11 is 0. The van der Waals surface area contributed by atoms with Crippen LogP contribution in [0.3, 0.4) is 0 Å². The topological polar surface area (TPSA) is 61.4 Å². The van der Waals surface area contributed by atoms with E-state index in [-0.39, 0.29) is 17.4 Å². The molecule has 1 saturated heterocycles. The number of hydrogen-bond acceptors (Lipinski definition) is 3. The molecule has 0 radical (unpaired) electrons. The SMILES string of the molecule is CCC(=O)Nc1cccc(C(=O)NCC(C)(C)N2CC(C)CC(C)C2)c1. The van der Waals surface area contributed by atoms with E-state index in [0.29, 0.717) is 36.1 Å². The van der Waals surface area contributed by atoms with E-state index in [1.54, 1.807) is 31.2 Å². The second-order valence-corrected chi connectivity index (χ2v) is 8.33. The summed E-state index contributed by atoms with van der Waals surface area (Å²) < 4.78 is 0. The molecule has 144 valence electrons. The smallest absolute Gasteiger partial charge is 0.251 e. The van der Waals surface area contributed by atoms with Gasteiger partial charge in [-0.2, -0.15) is 0 Å². The molecule has 0 saturated carbocycles. The van der Waals surface area contributed by atoms with Crippen LogP contribution in [0.5, 0.6) is 0 Å². The van der Waals surface area contributed by atoms with Crippen LogP contribution in [0, 0.1) is 11.8 Å². The van der Waals surface area contributed by atoms with Gasteiger partial charge in [0.25, 0.3) is 5.91 Å². The van der Waals surface area contributed by atoms with Crippen molar-refractivity contribution >= 4 is 17.5 Å². The van der Waals surface area contributed by atoms with Gasteiger partial charge in [-0.3, -0.25) is 14.5 Å². The van der Waals surface area contributed by atoms with Crippen molar-refractivity contribution in [3.63, 3.8) is 0 Å². The van der Waals surface area contributed by atoms with Crippen LogP contribution in [-0.2, 0) is 4.79 Å². The van der Waals surface area contributed by atoms with Gasteiger partial charge >= 0.3 is 0 Å². The summed E-state index contributed by atoms with van der Waals surface area (Å²) in [5, 5.41) is 5.86. The largest absolute Gasteiger partial charge is 0.350 e. The van der Waals surface area contributed by atoms with Crippen molar-refractivity contribution in [3.8, 4) is 0 Å². The van der Waals surface area contributed by atoms with E-state index in [0.717, 1.165) is 13.1 Å². The number of piperidine rings is 1. The number of likely N-dealkylation sites (tertiary alicyclic amines) is 1. The molecule has 1 aromatic rings. The van der Waals surface area contributed by atoms with Gasteiger partial charge in [0.05, 0.1) is 0 Å².